The molecule has 1 aromatic rings. The maximum atomic E-state index is 9.84. The average Bonchev–Trinajstić information content (AvgIpc) is 2.43. The van der Waals surface area contributed by atoms with Crippen molar-refractivity contribution in [3.8, 4) is 11.5 Å². The van der Waals surface area contributed by atoms with Gasteiger partial charge in [0.15, 0.2) is 0 Å². The summed E-state index contributed by atoms with van der Waals surface area (Å²) in [6.07, 6.45) is -6.69. The van der Waals surface area contributed by atoms with Crippen LogP contribution in [0.4, 0.5) is 0 Å². The van der Waals surface area contributed by atoms with Crippen LogP contribution in [0.15, 0.2) is 18.2 Å². The highest BCUT2D eigenvalue weighted by molar-refractivity contribution is 5.39. The van der Waals surface area contributed by atoms with Crippen LogP contribution in [-0.4, -0.2) is 62.8 Å². The van der Waals surface area contributed by atoms with Gasteiger partial charge in [-0.2, -0.15) is 0 Å². The zero-order valence-electron chi connectivity index (χ0n) is 10.9. The monoisotopic (exact) mass is 286 g/mol. The van der Waals surface area contributed by atoms with E-state index in [1.165, 1.54) is 12.1 Å². The van der Waals surface area contributed by atoms with Crippen molar-refractivity contribution < 1.29 is 35.0 Å². The minimum absolute atomic E-state index is 0.0183. The molecule has 1 saturated heterocycles. The maximum Gasteiger partial charge on any atom is 0.229 e. The first-order valence-corrected chi connectivity index (χ1v) is 6.21. The fourth-order valence-corrected chi connectivity index (χ4v) is 2.01. The van der Waals surface area contributed by atoms with Gasteiger partial charge in [-0.3, -0.25) is 0 Å². The lowest BCUT2D eigenvalue weighted by atomic mass is 9.99. The van der Waals surface area contributed by atoms with Crippen molar-refractivity contribution in [1.29, 1.82) is 0 Å². The number of aryl methyl sites for hydroxylation is 1. The molecule has 1 fully saturated rings. The van der Waals surface area contributed by atoms with Gasteiger partial charge in [-0.15, -0.1) is 0 Å². The van der Waals surface area contributed by atoms with E-state index in [1.807, 2.05) is 0 Å². The second kappa shape index (κ2) is 5.94. The van der Waals surface area contributed by atoms with E-state index in [0.29, 0.717) is 5.56 Å². The summed E-state index contributed by atoms with van der Waals surface area (Å²) in [7, 11) is 0. The number of aromatic hydroxyl groups is 1. The van der Waals surface area contributed by atoms with Gasteiger partial charge >= 0.3 is 0 Å². The Morgan fingerprint density at radius 2 is 1.85 bits per heavy atom. The van der Waals surface area contributed by atoms with Crippen molar-refractivity contribution in [1.82, 2.24) is 0 Å². The van der Waals surface area contributed by atoms with Crippen molar-refractivity contribution in [2.75, 3.05) is 6.61 Å². The maximum absolute atomic E-state index is 9.84. The first-order chi connectivity index (χ1) is 9.43. The summed E-state index contributed by atoms with van der Waals surface area (Å²) in [5.74, 6) is 0.254. The van der Waals surface area contributed by atoms with Gasteiger partial charge in [-0.05, 0) is 18.6 Å². The van der Waals surface area contributed by atoms with Crippen molar-refractivity contribution in [3.05, 3.63) is 23.8 Å². The normalized spacial score (nSPS) is 34.0. The Bertz CT molecular complexity index is 462. The van der Waals surface area contributed by atoms with Gasteiger partial charge in [-0.1, -0.05) is 6.07 Å². The number of hydrogen-bond donors (Lipinski definition) is 5. The Hall–Kier alpha value is -1.38. The van der Waals surface area contributed by atoms with Crippen LogP contribution < -0.4 is 4.74 Å². The van der Waals surface area contributed by atoms with Gasteiger partial charge in [0, 0.05) is 6.07 Å². The highest BCUT2D eigenvalue weighted by Crippen LogP contribution is 2.28. The quantitative estimate of drug-likeness (QED) is 0.477. The number of phenols is 1. The van der Waals surface area contributed by atoms with E-state index in [2.05, 4.69) is 0 Å². The van der Waals surface area contributed by atoms with Crippen molar-refractivity contribution in [3.63, 3.8) is 0 Å². The highest BCUT2D eigenvalue weighted by atomic mass is 16.7. The second-order valence-corrected chi connectivity index (χ2v) is 4.76. The fraction of sp³-hybridized carbons (Fsp3) is 0.538. The van der Waals surface area contributed by atoms with E-state index in [-0.39, 0.29) is 11.5 Å². The van der Waals surface area contributed by atoms with E-state index in [1.54, 1.807) is 13.0 Å². The molecule has 0 aliphatic carbocycles. The zero-order chi connectivity index (χ0) is 14.9. The minimum atomic E-state index is -1.50. The molecule has 1 heterocycles. The molecule has 0 aromatic heterocycles. The van der Waals surface area contributed by atoms with E-state index in [0.717, 1.165) is 0 Å². The Morgan fingerprint density at radius 1 is 1.15 bits per heavy atom. The number of phenolic OH excluding ortho intramolecular Hbond substituents is 1. The molecule has 0 radical (unpaired) electrons. The number of aliphatic hydroxyl groups is 4. The largest absolute Gasteiger partial charge is 0.508 e. The van der Waals surface area contributed by atoms with E-state index >= 15 is 0 Å². The first kappa shape index (κ1) is 15.0. The third-order valence-electron chi connectivity index (χ3n) is 3.26. The molecule has 0 bridgehead atoms. The van der Waals surface area contributed by atoms with Gasteiger partial charge in [-0.25, -0.2) is 0 Å². The van der Waals surface area contributed by atoms with Crippen LogP contribution >= 0.6 is 0 Å². The summed E-state index contributed by atoms with van der Waals surface area (Å²) in [4.78, 5) is 0. The van der Waals surface area contributed by atoms with E-state index < -0.39 is 37.3 Å². The topological polar surface area (TPSA) is 120 Å². The summed E-state index contributed by atoms with van der Waals surface area (Å²) >= 11 is 0. The van der Waals surface area contributed by atoms with Crippen LogP contribution in [-0.2, 0) is 4.74 Å². The van der Waals surface area contributed by atoms with Gasteiger partial charge < -0.3 is 35.0 Å². The molecule has 7 heteroatoms. The van der Waals surface area contributed by atoms with Gasteiger partial charge in [0.05, 0.1) is 6.61 Å². The molecule has 2 unspecified atom stereocenters. The summed E-state index contributed by atoms with van der Waals surface area (Å²) in [6, 6.07) is 4.45. The van der Waals surface area contributed by atoms with Gasteiger partial charge in [0.25, 0.3) is 0 Å². The molecule has 0 spiro atoms. The predicted octanol–water partition coefficient (Wildman–Crippen LogP) is -1.12. The van der Waals surface area contributed by atoms with Crippen LogP contribution in [0.2, 0.25) is 0 Å². The molecule has 2 rings (SSSR count). The van der Waals surface area contributed by atoms with Crippen LogP contribution in [0.3, 0.4) is 0 Å². The number of benzene rings is 1. The van der Waals surface area contributed by atoms with Gasteiger partial charge in [0.2, 0.25) is 6.29 Å². The predicted molar refractivity (Wildman–Crippen MR) is 67.2 cm³/mol. The van der Waals surface area contributed by atoms with Crippen LogP contribution in [0, 0.1) is 6.92 Å². The van der Waals surface area contributed by atoms with Crippen LogP contribution in [0.5, 0.6) is 11.5 Å². The molecular formula is C13H18O7. The number of ether oxygens (including phenoxy) is 2. The molecule has 0 amide bonds. The van der Waals surface area contributed by atoms with Crippen molar-refractivity contribution >= 4 is 0 Å². The zero-order valence-corrected chi connectivity index (χ0v) is 10.9. The minimum Gasteiger partial charge on any atom is -0.508 e. The Labute approximate surface area is 115 Å². The molecule has 112 valence electrons. The molecule has 1 aliphatic heterocycles. The van der Waals surface area contributed by atoms with Crippen LogP contribution in [0.1, 0.15) is 5.56 Å². The lowest BCUT2D eigenvalue weighted by Gasteiger charge is -2.39. The standard InChI is InChI=1S/C13H18O7/c1-6-2-3-7(15)4-8(6)19-13-12(18)11(17)10(16)9(5-14)20-13/h2-4,9-18H,5H2,1H3/t9?,10-,11+,12?,13-/m1/s1. The van der Waals surface area contributed by atoms with Gasteiger partial charge in [0.1, 0.15) is 35.9 Å². The average molecular weight is 286 g/mol. The van der Waals surface area contributed by atoms with E-state index in [9.17, 15) is 20.4 Å². The van der Waals surface area contributed by atoms with Crippen LogP contribution in [0.25, 0.3) is 0 Å². The molecular weight excluding hydrogens is 268 g/mol. The second-order valence-electron chi connectivity index (χ2n) is 4.76. The Morgan fingerprint density at radius 3 is 2.50 bits per heavy atom. The molecule has 5 atom stereocenters. The summed E-state index contributed by atoms with van der Waals surface area (Å²) in [5.41, 5.74) is 0.694. The number of hydrogen-bond acceptors (Lipinski definition) is 7. The molecule has 0 saturated carbocycles. The first-order valence-electron chi connectivity index (χ1n) is 6.21. The summed E-state index contributed by atoms with van der Waals surface area (Å²) in [5, 5.41) is 47.6. The fourth-order valence-electron chi connectivity index (χ4n) is 2.01. The Kier molecular flexibility index (Phi) is 4.46. The van der Waals surface area contributed by atoms with Crippen molar-refractivity contribution in [2.45, 2.75) is 37.6 Å². The Balaban J connectivity index is 2.17. The summed E-state index contributed by atoms with van der Waals surface area (Å²) in [6.45, 7) is 1.21. The lowest BCUT2D eigenvalue weighted by molar-refractivity contribution is -0.277. The van der Waals surface area contributed by atoms with Crippen molar-refractivity contribution in [2.24, 2.45) is 0 Å². The molecule has 5 N–H and O–H groups in total. The third-order valence-corrected chi connectivity index (χ3v) is 3.26. The molecule has 20 heavy (non-hydrogen) atoms. The van der Waals surface area contributed by atoms with E-state index in [4.69, 9.17) is 14.6 Å². The number of aliphatic hydroxyl groups excluding tert-OH is 4. The molecule has 1 aliphatic rings. The smallest absolute Gasteiger partial charge is 0.229 e. The number of rotatable bonds is 3. The third kappa shape index (κ3) is 2.87. The highest BCUT2D eigenvalue weighted by Gasteiger charge is 2.44. The SMILES string of the molecule is Cc1ccc(O)cc1O[C@@H]1OC(CO)[C@@H](O)[C@H](O)C1O. The molecule has 1 aromatic carbocycles. The lowest BCUT2D eigenvalue weighted by Crippen LogP contribution is -2.60. The summed E-state index contributed by atoms with van der Waals surface area (Å²) < 4.78 is 10.6. The molecule has 7 nitrogen and oxygen atoms in total.